The summed E-state index contributed by atoms with van der Waals surface area (Å²) in [4.78, 5) is 46.4. The molecule has 8 aromatic rings. The molecule has 0 saturated carbocycles. The van der Waals surface area contributed by atoms with Gasteiger partial charge in [-0.1, -0.05) is 132 Å². The van der Waals surface area contributed by atoms with E-state index in [0.29, 0.717) is 44.5 Å². The fraction of sp³-hybridized carbons (Fsp3) is 0.538. The third-order valence-electron chi connectivity index (χ3n) is 24.0. The molecule has 0 fully saturated rings. The first-order valence-electron chi connectivity index (χ1n) is 47.6. The topological polar surface area (TPSA) is 246 Å². The van der Waals surface area contributed by atoms with E-state index >= 15 is 0 Å². The molecule has 0 amide bonds. The number of nitrogens with zero attached hydrogens (tertiary/aromatic N) is 4. The summed E-state index contributed by atoms with van der Waals surface area (Å²) in [6.45, 7) is 19.5. The van der Waals surface area contributed by atoms with E-state index in [1.165, 1.54) is 0 Å². The van der Waals surface area contributed by atoms with Gasteiger partial charge in [0.05, 0.1) is 72.5 Å². The van der Waals surface area contributed by atoms with Gasteiger partial charge in [-0.2, -0.15) is 105 Å². The molecule has 16 bridgehead atoms. The second-order valence-corrected chi connectivity index (χ2v) is 40.8. The fourth-order valence-electron chi connectivity index (χ4n) is 16.9. The van der Waals surface area contributed by atoms with Crippen molar-refractivity contribution < 1.29 is 163 Å². The van der Waals surface area contributed by atoms with Gasteiger partial charge in [-0.05, 0) is 140 Å². The quantitative estimate of drug-likeness (QED) is 0.0153. The Hall–Kier alpha value is -11.9. The zero-order valence-corrected chi connectivity index (χ0v) is 83.3. The Morgan fingerprint density at radius 1 is 0.189 bits per heavy atom. The molecule has 20 nitrogen and oxygen atoms in total. The van der Waals surface area contributed by atoms with Crippen molar-refractivity contribution in [1.82, 2.24) is 0 Å². The summed E-state index contributed by atoms with van der Waals surface area (Å²) < 4.78 is 373. The summed E-state index contributed by atoms with van der Waals surface area (Å²) in [5.41, 5.74) is -0.171. The second-order valence-electron chi connectivity index (χ2n) is 40.8. The third-order valence-corrected chi connectivity index (χ3v) is 24.0. The monoisotopic (exact) mass is 2130 g/mol. The van der Waals surface area contributed by atoms with Gasteiger partial charge in [-0.25, -0.2) is 0 Å². The molecule has 0 N–H and O–H groups in total. The molecule has 2 aliphatic rings. The summed E-state index contributed by atoms with van der Waals surface area (Å²) in [5.74, 6) is -0.645. The van der Waals surface area contributed by atoms with Crippen LogP contribution in [0.5, 0.6) is 46.0 Å². The summed E-state index contributed by atoms with van der Waals surface area (Å²) >= 11 is 0. The molecule has 148 heavy (non-hydrogen) atoms. The van der Waals surface area contributed by atoms with Crippen LogP contribution in [0.2, 0.25) is 0 Å². The van der Waals surface area contributed by atoms with Gasteiger partial charge in [-0.15, -0.1) is 0 Å². The zero-order chi connectivity index (χ0) is 110. The van der Waals surface area contributed by atoms with Crippen LogP contribution in [0.4, 0.5) is 128 Å². The number of halogens is 24. The van der Waals surface area contributed by atoms with E-state index in [-0.39, 0.29) is 145 Å². The lowest BCUT2D eigenvalue weighted by atomic mass is 9.79. The van der Waals surface area contributed by atoms with Gasteiger partial charge in [0, 0.05) is 196 Å². The Bertz CT molecular complexity index is 5070. The Labute approximate surface area is 838 Å². The summed E-state index contributed by atoms with van der Waals surface area (Å²) in [7, 11) is 0. The molecule has 0 saturated heterocycles. The normalized spacial score (nSPS) is 13.6. The fourth-order valence-corrected chi connectivity index (χ4v) is 16.9. The van der Waals surface area contributed by atoms with Crippen LogP contribution in [-0.2, 0) is 73.0 Å². The van der Waals surface area contributed by atoms with Crippen LogP contribution < -0.4 is 37.9 Å². The van der Waals surface area contributed by atoms with E-state index in [4.69, 9.17) is 37.9 Å². The van der Waals surface area contributed by atoms with Crippen molar-refractivity contribution in [1.29, 1.82) is 0 Å². The minimum absolute atomic E-state index is 0.0270. The number of ether oxygens (including phenoxy) is 8. The zero-order valence-electron chi connectivity index (χ0n) is 83.3. The van der Waals surface area contributed by atoms with Crippen LogP contribution in [0.1, 0.15) is 297 Å². The van der Waals surface area contributed by atoms with E-state index in [1.807, 2.05) is 132 Å². The predicted molar refractivity (Wildman–Crippen MR) is 502 cm³/mol. The number of hydrogen-bond donors (Lipinski definition) is 0. The van der Waals surface area contributed by atoms with Crippen LogP contribution in [0, 0.1) is 40.5 Å². The Morgan fingerprint density at radius 2 is 0.284 bits per heavy atom. The van der Waals surface area contributed by atoms with Gasteiger partial charge < -0.3 is 37.9 Å². The number of hydrogen-bond acceptors (Lipinski definition) is 16. The van der Waals surface area contributed by atoms with Gasteiger partial charge in [0.2, 0.25) is 0 Å². The average Bonchev–Trinajstić information content (AvgIpc) is 0.753. The predicted octanol–water partition coefficient (Wildman–Crippen LogP) is 31.3. The minimum atomic E-state index is -4.71. The van der Waals surface area contributed by atoms with Crippen LogP contribution in [0.25, 0.3) is 0 Å². The van der Waals surface area contributed by atoms with Crippen LogP contribution in [0.15, 0.2) is 97.1 Å². The Morgan fingerprint density at radius 3 is 0.365 bits per heavy atom. The first-order chi connectivity index (χ1) is 68.1. The molecule has 0 atom stereocenters. The maximum atomic E-state index is 13.7. The van der Waals surface area contributed by atoms with Gasteiger partial charge >= 0.3 is 49.4 Å². The molecule has 44 heteroatoms. The lowest BCUT2D eigenvalue weighted by Gasteiger charge is -2.29. The highest BCUT2D eigenvalue weighted by Gasteiger charge is 2.39. The van der Waals surface area contributed by atoms with E-state index in [1.54, 1.807) is 0 Å². The van der Waals surface area contributed by atoms with Crippen molar-refractivity contribution in [2.75, 3.05) is 52.9 Å². The molecular weight excluding hydrogens is 2020 g/mol. The largest absolute Gasteiger partial charge is 0.493 e. The number of benzene rings is 8. The van der Waals surface area contributed by atoms with Crippen molar-refractivity contribution in [3.8, 4) is 46.0 Å². The van der Waals surface area contributed by atoms with E-state index in [0.717, 1.165) is 70.8 Å². The molecular formula is C104H116F24N4O16. The highest BCUT2D eigenvalue weighted by molar-refractivity contribution is 5.65. The molecule has 0 heterocycles. The molecule has 0 radical (unpaired) electrons. The molecule has 2 aliphatic carbocycles. The summed E-state index contributed by atoms with van der Waals surface area (Å²) in [6.07, 6.45) is -54.3. The summed E-state index contributed by atoms with van der Waals surface area (Å²) in [5, 5.41) is 50.1. The molecule has 0 spiro atoms. The molecule has 8 aromatic carbocycles. The smallest absolute Gasteiger partial charge is 0.389 e. The van der Waals surface area contributed by atoms with Crippen LogP contribution in [-0.4, -0.2) is 122 Å². The van der Waals surface area contributed by atoms with Crippen molar-refractivity contribution in [2.24, 2.45) is 0 Å². The molecule has 816 valence electrons. The maximum Gasteiger partial charge on any atom is 0.389 e. The lowest BCUT2D eigenvalue weighted by Crippen LogP contribution is -2.18. The molecule has 0 unspecified atom stereocenters. The number of rotatable bonds is 36. The van der Waals surface area contributed by atoms with E-state index < -0.39 is 266 Å². The number of nitro benzene ring substituents is 4. The van der Waals surface area contributed by atoms with Crippen molar-refractivity contribution in [3.05, 3.63) is 249 Å². The first kappa shape index (κ1) is 120. The van der Waals surface area contributed by atoms with Gasteiger partial charge in [0.25, 0.3) is 22.7 Å². The molecule has 10 rings (SSSR count). The maximum absolute atomic E-state index is 13.7. The van der Waals surface area contributed by atoms with Gasteiger partial charge in [-0.3, -0.25) is 40.5 Å². The van der Waals surface area contributed by atoms with Gasteiger partial charge in [0.15, 0.2) is 0 Å². The summed E-state index contributed by atoms with van der Waals surface area (Å²) in [6, 6.07) is 22.2. The number of alkyl halides is 24. The van der Waals surface area contributed by atoms with Crippen molar-refractivity contribution in [3.63, 3.8) is 0 Å². The van der Waals surface area contributed by atoms with Crippen molar-refractivity contribution >= 4 is 22.7 Å². The van der Waals surface area contributed by atoms with E-state index in [2.05, 4.69) is 0 Å². The third kappa shape index (κ3) is 37.4. The first-order valence-corrected chi connectivity index (χ1v) is 47.6. The SMILES string of the molecule is CC(C)(C)c1cc2c(OCCCC(F)(F)F)c(c1)Cc1cc(C(C)(C)C)cc(c1OCCCC(F)(F)F)Cc1cc(C(C)(C)C)cc(c1OCCCC(F)(F)F)Cc1cc(C(C)(C)C)cc(c1OCCCC(F)(F)F)C2.O=[N+]([O-])c1cc2c(OCCCC(F)(F)F)c(c1)Cc1cc([N+](=O)[O-])cc(c1OCCCC(F)(F)F)Cc1cc([N+](=O)[O-])cc(c1OCCCC(F)(F)F)Cc1cc([N+](=O)[O-])cc(c1OCCCC(F)(F)F)C2. The van der Waals surface area contributed by atoms with E-state index in [9.17, 15) is 146 Å². The highest BCUT2D eigenvalue weighted by atomic mass is 19.4. The van der Waals surface area contributed by atoms with Gasteiger partial charge in [0.1, 0.15) is 46.0 Å². The highest BCUT2D eigenvalue weighted by Crippen LogP contribution is 2.50. The van der Waals surface area contributed by atoms with Crippen molar-refractivity contribution in [2.45, 2.75) is 308 Å². The molecule has 0 aromatic heterocycles. The average molecular weight is 2130 g/mol. The number of nitro groups is 4. The Balaban J connectivity index is 0.000000329. The second kappa shape index (κ2) is 48.4. The molecule has 0 aliphatic heterocycles. The number of non-ortho nitro benzene ring substituents is 4. The Kier molecular flexibility index (Phi) is 39.1. The minimum Gasteiger partial charge on any atom is -0.493 e. The standard InChI is InChI=1S/C60H76F12O4.C44H40F12N4O12/c1-53(2,3)45-29-37-25-39-31-46(54(4,5)6)33-41(50(39)74-22-14-18-58(64,65)66)27-43-35-48(56(10,11)12)36-44(52(43)76-24-16-20-60(70,71)72)28-42-34-47(55(7,8)9)32-40(51(42)75-23-15-19-59(67,68)69)26-38(30-45)49(37)73-21-13-17-57(61,62)63;45-41(46,47)5-1-9-69-37-25-13-27-19-34(58(63)64)21-29(38(27)70-10-2-6-42(48,49)50)15-31-23-36(60(67)68)24-32(40(31)72-12-4-8-44(54,55)56)16-30-22-35(59(65)66)20-28(14-26(37)18-33(17-25)57(61)62)39(30)71-11-3-7-43(51,52)53/h29-36H,13-28H2,1-12H3;17-24H,1-16H2. The number of fused-ring (bicyclic) bond motifs is 16. The van der Waals surface area contributed by atoms with Crippen LogP contribution >= 0.6 is 0 Å². The van der Waals surface area contributed by atoms with Crippen LogP contribution in [0.3, 0.4) is 0 Å². The lowest BCUT2D eigenvalue weighted by molar-refractivity contribution is -0.385.